The number of rotatable bonds is 4. The van der Waals surface area contributed by atoms with E-state index in [1.54, 1.807) is 43.9 Å². The van der Waals surface area contributed by atoms with Crippen molar-refractivity contribution in [2.24, 2.45) is 7.05 Å². The van der Waals surface area contributed by atoms with E-state index < -0.39 is 11.7 Å². The van der Waals surface area contributed by atoms with Crippen molar-refractivity contribution in [2.45, 2.75) is 13.8 Å². The van der Waals surface area contributed by atoms with Gasteiger partial charge >= 0.3 is 0 Å². The first-order valence-corrected chi connectivity index (χ1v) is 9.11. The zero-order chi connectivity index (χ0) is 19.8. The van der Waals surface area contributed by atoms with Gasteiger partial charge in [0.1, 0.15) is 11.5 Å². The number of carbonyl (C=O) groups excluding carboxylic acids is 1. The van der Waals surface area contributed by atoms with Crippen LogP contribution in [-0.2, 0) is 7.05 Å². The predicted octanol–water partition coefficient (Wildman–Crippen LogP) is 3.60. The van der Waals surface area contributed by atoms with Crippen LogP contribution in [0.15, 0.2) is 35.0 Å². The molecule has 1 amide bonds. The van der Waals surface area contributed by atoms with Crippen LogP contribution in [0.2, 0.25) is 0 Å². The molecule has 8 nitrogen and oxygen atoms in total. The van der Waals surface area contributed by atoms with E-state index in [1.165, 1.54) is 17.4 Å². The van der Waals surface area contributed by atoms with Crippen molar-refractivity contribution in [1.82, 2.24) is 24.9 Å². The second kappa shape index (κ2) is 6.97. The summed E-state index contributed by atoms with van der Waals surface area (Å²) in [6.45, 7) is 3.39. The van der Waals surface area contributed by atoms with Crippen LogP contribution < -0.4 is 5.32 Å². The van der Waals surface area contributed by atoms with Crippen LogP contribution >= 0.6 is 11.3 Å². The van der Waals surface area contributed by atoms with Crippen LogP contribution in [0.4, 0.5) is 9.52 Å². The fourth-order valence-electron chi connectivity index (χ4n) is 2.74. The van der Waals surface area contributed by atoms with Crippen LogP contribution in [-0.4, -0.2) is 30.8 Å². The lowest BCUT2D eigenvalue weighted by Crippen LogP contribution is -2.15. The zero-order valence-corrected chi connectivity index (χ0v) is 16.0. The summed E-state index contributed by atoms with van der Waals surface area (Å²) >= 11 is 1.26. The summed E-state index contributed by atoms with van der Waals surface area (Å²) in [6, 6.07) is 6.31. The fourth-order valence-corrected chi connectivity index (χ4v) is 3.60. The molecule has 0 aliphatic heterocycles. The third-order valence-corrected chi connectivity index (χ3v) is 5.00. The zero-order valence-electron chi connectivity index (χ0n) is 15.2. The van der Waals surface area contributed by atoms with E-state index in [9.17, 15) is 9.18 Å². The number of nitrogens with zero attached hydrogens (tertiary/aromatic N) is 5. The van der Waals surface area contributed by atoms with Gasteiger partial charge in [-0.05, 0) is 24.6 Å². The van der Waals surface area contributed by atoms with Gasteiger partial charge in [0, 0.05) is 20.2 Å². The summed E-state index contributed by atoms with van der Waals surface area (Å²) in [4.78, 5) is 21.6. The molecule has 28 heavy (non-hydrogen) atoms. The minimum absolute atomic E-state index is 0.00884. The highest BCUT2D eigenvalue weighted by Crippen LogP contribution is 2.31. The Morgan fingerprint density at radius 3 is 2.86 bits per heavy atom. The van der Waals surface area contributed by atoms with E-state index in [0.29, 0.717) is 28.1 Å². The van der Waals surface area contributed by atoms with Gasteiger partial charge in [0.05, 0.1) is 16.1 Å². The maximum absolute atomic E-state index is 14.0. The van der Waals surface area contributed by atoms with Gasteiger partial charge in [0.15, 0.2) is 5.13 Å². The maximum atomic E-state index is 14.0. The molecule has 0 fully saturated rings. The molecular formula is C18H15FN6O2S. The SMILES string of the molecule is Cc1nc(-c2cc(-c3cnc(NC(=O)c4c(C)cccc4F)s3)n(C)n2)no1. The van der Waals surface area contributed by atoms with Crippen LogP contribution in [0.5, 0.6) is 0 Å². The minimum Gasteiger partial charge on any atom is -0.339 e. The molecule has 0 atom stereocenters. The first-order valence-electron chi connectivity index (χ1n) is 8.30. The highest BCUT2D eigenvalue weighted by atomic mass is 32.1. The first-order chi connectivity index (χ1) is 13.4. The van der Waals surface area contributed by atoms with Gasteiger partial charge in [0.25, 0.3) is 5.91 Å². The largest absolute Gasteiger partial charge is 0.339 e. The highest BCUT2D eigenvalue weighted by molar-refractivity contribution is 7.19. The van der Waals surface area contributed by atoms with Crippen molar-refractivity contribution in [3.8, 4) is 22.1 Å². The molecule has 10 heteroatoms. The lowest BCUT2D eigenvalue weighted by atomic mass is 10.1. The van der Waals surface area contributed by atoms with Gasteiger partial charge in [-0.15, -0.1) is 0 Å². The molecule has 0 saturated heterocycles. The van der Waals surface area contributed by atoms with Crippen LogP contribution in [0.3, 0.4) is 0 Å². The van der Waals surface area contributed by atoms with Crippen LogP contribution in [0.25, 0.3) is 22.1 Å². The molecule has 3 aromatic heterocycles. The Bertz CT molecular complexity index is 1160. The molecule has 0 aliphatic carbocycles. The van der Waals surface area contributed by atoms with E-state index in [2.05, 4.69) is 25.5 Å². The third-order valence-electron chi connectivity index (χ3n) is 4.06. The van der Waals surface area contributed by atoms with E-state index in [1.807, 2.05) is 6.07 Å². The topological polar surface area (TPSA) is 98.7 Å². The number of aryl methyl sites for hydroxylation is 3. The Morgan fingerprint density at radius 1 is 1.32 bits per heavy atom. The summed E-state index contributed by atoms with van der Waals surface area (Å²) in [5, 5.41) is 11.3. The van der Waals surface area contributed by atoms with E-state index >= 15 is 0 Å². The Labute approximate surface area is 163 Å². The Morgan fingerprint density at radius 2 is 2.14 bits per heavy atom. The third kappa shape index (κ3) is 3.29. The number of thiazole rings is 1. The standard InChI is InChI=1S/C18H15FN6O2S/c1-9-5-4-6-11(19)15(9)17(26)22-18-20-8-14(28-18)13-7-12(23-25(13)3)16-21-10(2)27-24-16/h4-8H,1-3H3,(H,20,22,26). The molecule has 4 rings (SSSR count). The molecular weight excluding hydrogens is 383 g/mol. The average molecular weight is 398 g/mol. The van der Waals surface area contributed by atoms with Gasteiger partial charge in [0.2, 0.25) is 11.7 Å². The number of benzene rings is 1. The number of hydrogen-bond acceptors (Lipinski definition) is 7. The van der Waals surface area contributed by atoms with Gasteiger partial charge < -0.3 is 4.52 Å². The van der Waals surface area contributed by atoms with Crippen molar-refractivity contribution in [3.05, 3.63) is 53.3 Å². The normalized spacial score (nSPS) is 11.0. The summed E-state index contributed by atoms with van der Waals surface area (Å²) in [7, 11) is 1.78. The number of amides is 1. The quantitative estimate of drug-likeness (QED) is 0.564. The molecule has 0 bridgehead atoms. The number of aromatic nitrogens is 5. The Balaban J connectivity index is 1.58. The lowest BCUT2D eigenvalue weighted by molar-refractivity contribution is 0.102. The second-order valence-electron chi connectivity index (χ2n) is 6.09. The van der Waals surface area contributed by atoms with Gasteiger partial charge in [-0.25, -0.2) is 9.37 Å². The second-order valence-corrected chi connectivity index (χ2v) is 7.12. The van der Waals surface area contributed by atoms with E-state index in [0.717, 1.165) is 10.6 Å². The fraction of sp³-hybridized carbons (Fsp3) is 0.167. The molecule has 0 radical (unpaired) electrons. The Hall–Kier alpha value is -3.40. The minimum atomic E-state index is -0.569. The van der Waals surface area contributed by atoms with E-state index in [4.69, 9.17) is 4.52 Å². The Kier molecular flexibility index (Phi) is 4.47. The van der Waals surface area contributed by atoms with Crippen LogP contribution in [0, 0.1) is 19.7 Å². The summed E-state index contributed by atoms with van der Waals surface area (Å²) in [6.07, 6.45) is 1.62. The number of anilines is 1. The number of nitrogens with one attached hydrogen (secondary N) is 1. The molecule has 1 N–H and O–H groups in total. The lowest BCUT2D eigenvalue weighted by Gasteiger charge is -2.06. The number of carbonyl (C=O) groups is 1. The molecule has 0 aliphatic rings. The molecule has 0 unspecified atom stereocenters. The van der Waals surface area contributed by atoms with Crippen molar-refractivity contribution in [2.75, 3.05) is 5.32 Å². The highest BCUT2D eigenvalue weighted by Gasteiger charge is 2.18. The first kappa shape index (κ1) is 18.0. The van der Waals surface area contributed by atoms with Crippen molar-refractivity contribution < 1.29 is 13.7 Å². The molecule has 142 valence electrons. The number of halogens is 1. The average Bonchev–Trinajstić information content (AvgIpc) is 3.35. The number of hydrogen-bond donors (Lipinski definition) is 1. The van der Waals surface area contributed by atoms with E-state index in [-0.39, 0.29) is 5.56 Å². The monoisotopic (exact) mass is 398 g/mol. The van der Waals surface area contributed by atoms with Crippen LogP contribution in [0.1, 0.15) is 21.8 Å². The molecule has 3 heterocycles. The smallest absolute Gasteiger partial charge is 0.260 e. The predicted molar refractivity (Wildman–Crippen MR) is 101 cm³/mol. The molecule has 1 aromatic carbocycles. The van der Waals surface area contributed by atoms with Gasteiger partial charge in [-0.1, -0.05) is 28.6 Å². The van der Waals surface area contributed by atoms with Gasteiger partial charge in [-0.2, -0.15) is 10.1 Å². The van der Waals surface area contributed by atoms with Gasteiger partial charge in [-0.3, -0.25) is 14.8 Å². The maximum Gasteiger partial charge on any atom is 0.260 e. The van der Waals surface area contributed by atoms with Crippen molar-refractivity contribution >= 4 is 22.4 Å². The summed E-state index contributed by atoms with van der Waals surface area (Å²) in [5.41, 5.74) is 1.91. The molecule has 0 saturated carbocycles. The summed E-state index contributed by atoms with van der Waals surface area (Å²) in [5.74, 6) is -0.258. The molecule has 0 spiro atoms. The molecule has 4 aromatic rings. The van der Waals surface area contributed by atoms with Crippen molar-refractivity contribution in [3.63, 3.8) is 0 Å². The van der Waals surface area contributed by atoms with Crippen molar-refractivity contribution in [1.29, 1.82) is 0 Å². The summed E-state index contributed by atoms with van der Waals surface area (Å²) < 4.78 is 20.6.